The molecule has 4 nitrogen and oxygen atoms in total. The topological polar surface area (TPSA) is 58.2 Å². The van der Waals surface area contributed by atoms with Crippen molar-refractivity contribution in [1.29, 1.82) is 0 Å². The lowest BCUT2D eigenvalue weighted by atomic mass is 10.0. The van der Waals surface area contributed by atoms with E-state index in [1.54, 1.807) is 24.3 Å². The normalized spacial score (nSPS) is 15.6. The number of carbonyl (C=O) groups excluding carboxylic acids is 2. The first-order chi connectivity index (χ1) is 9.95. The van der Waals surface area contributed by atoms with Gasteiger partial charge >= 0.3 is 0 Å². The van der Waals surface area contributed by atoms with E-state index in [0.717, 1.165) is 12.8 Å². The molecule has 0 aliphatic heterocycles. The molecule has 0 bridgehead atoms. The van der Waals surface area contributed by atoms with Crippen molar-refractivity contribution in [1.82, 2.24) is 10.6 Å². The van der Waals surface area contributed by atoms with Crippen molar-refractivity contribution in [3.05, 3.63) is 34.9 Å². The average molecular weight is 309 g/mol. The number of carbonyl (C=O) groups is 2. The Morgan fingerprint density at radius 3 is 2.38 bits per heavy atom. The van der Waals surface area contributed by atoms with Crippen molar-refractivity contribution in [2.24, 2.45) is 5.92 Å². The van der Waals surface area contributed by atoms with E-state index in [2.05, 4.69) is 10.6 Å². The van der Waals surface area contributed by atoms with Gasteiger partial charge in [0, 0.05) is 16.6 Å². The van der Waals surface area contributed by atoms with Crippen LogP contribution in [0, 0.1) is 5.92 Å². The maximum absolute atomic E-state index is 12.2. The largest absolute Gasteiger partial charge is 0.352 e. The predicted molar refractivity (Wildman–Crippen MR) is 83.3 cm³/mol. The Morgan fingerprint density at radius 1 is 1.24 bits per heavy atom. The van der Waals surface area contributed by atoms with Gasteiger partial charge in [-0.2, -0.15) is 0 Å². The number of rotatable bonds is 6. The zero-order valence-corrected chi connectivity index (χ0v) is 13.1. The first-order valence-corrected chi connectivity index (χ1v) is 7.70. The molecular formula is C16H21ClN2O2. The Kier molecular flexibility index (Phi) is 5.23. The molecule has 0 saturated heterocycles. The summed E-state index contributed by atoms with van der Waals surface area (Å²) in [5.41, 5.74) is 0.507. The molecule has 114 valence electrons. The monoisotopic (exact) mass is 308 g/mol. The highest BCUT2D eigenvalue weighted by molar-refractivity contribution is 6.30. The number of halogens is 1. The third-order valence-corrected chi connectivity index (χ3v) is 3.61. The minimum Gasteiger partial charge on any atom is -0.352 e. The number of hydrogen-bond donors (Lipinski definition) is 2. The van der Waals surface area contributed by atoms with Crippen LogP contribution in [0.15, 0.2) is 24.3 Å². The Morgan fingerprint density at radius 2 is 1.86 bits per heavy atom. The van der Waals surface area contributed by atoms with E-state index in [4.69, 9.17) is 11.6 Å². The summed E-state index contributed by atoms with van der Waals surface area (Å²) < 4.78 is 0. The Balaban J connectivity index is 2.00. The zero-order valence-electron chi connectivity index (χ0n) is 12.4. The lowest BCUT2D eigenvalue weighted by molar-refractivity contribution is -0.123. The SMILES string of the molecule is CC(C)C[C@@H](NC(=O)c1ccc(Cl)cc1)C(=O)NC1CC1. The third kappa shape index (κ3) is 5.05. The summed E-state index contributed by atoms with van der Waals surface area (Å²) >= 11 is 5.81. The van der Waals surface area contributed by atoms with E-state index in [9.17, 15) is 9.59 Å². The molecule has 1 saturated carbocycles. The smallest absolute Gasteiger partial charge is 0.251 e. The van der Waals surface area contributed by atoms with Gasteiger partial charge in [0.15, 0.2) is 0 Å². The lowest BCUT2D eigenvalue weighted by Gasteiger charge is -2.20. The van der Waals surface area contributed by atoms with Crippen molar-refractivity contribution < 1.29 is 9.59 Å². The molecule has 0 radical (unpaired) electrons. The number of hydrogen-bond acceptors (Lipinski definition) is 2. The molecule has 2 N–H and O–H groups in total. The summed E-state index contributed by atoms with van der Waals surface area (Å²) in [5.74, 6) is -0.0118. The molecule has 0 heterocycles. The van der Waals surface area contributed by atoms with Gasteiger partial charge < -0.3 is 10.6 Å². The Bertz CT molecular complexity index is 510. The van der Waals surface area contributed by atoms with Crippen LogP contribution < -0.4 is 10.6 Å². The van der Waals surface area contributed by atoms with Crippen LogP contribution in [0.5, 0.6) is 0 Å². The van der Waals surface area contributed by atoms with E-state index in [1.165, 1.54) is 0 Å². The van der Waals surface area contributed by atoms with Gasteiger partial charge in [0.2, 0.25) is 5.91 Å². The highest BCUT2D eigenvalue weighted by Gasteiger charge is 2.28. The molecule has 1 aromatic carbocycles. The molecule has 1 aromatic rings. The van der Waals surface area contributed by atoms with Gasteiger partial charge in [-0.25, -0.2) is 0 Å². The number of benzene rings is 1. The highest BCUT2D eigenvalue weighted by Crippen LogP contribution is 2.19. The summed E-state index contributed by atoms with van der Waals surface area (Å²) in [6.45, 7) is 4.07. The maximum Gasteiger partial charge on any atom is 0.251 e. The van der Waals surface area contributed by atoms with Crippen molar-refractivity contribution in [2.45, 2.75) is 45.2 Å². The minimum atomic E-state index is -0.492. The van der Waals surface area contributed by atoms with E-state index in [1.807, 2.05) is 13.8 Å². The summed E-state index contributed by atoms with van der Waals surface area (Å²) in [5, 5.41) is 6.35. The van der Waals surface area contributed by atoms with Crippen LogP contribution in [0.25, 0.3) is 0 Å². The molecule has 1 fully saturated rings. The fraction of sp³-hybridized carbons (Fsp3) is 0.500. The fourth-order valence-electron chi connectivity index (χ4n) is 2.08. The molecule has 1 aliphatic rings. The van der Waals surface area contributed by atoms with Crippen LogP contribution in [0.3, 0.4) is 0 Å². The van der Waals surface area contributed by atoms with Gasteiger partial charge in [0.05, 0.1) is 0 Å². The fourth-order valence-corrected chi connectivity index (χ4v) is 2.20. The maximum atomic E-state index is 12.2. The molecule has 21 heavy (non-hydrogen) atoms. The summed E-state index contributed by atoms with van der Waals surface area (Å²) in [6.07, 6.45) is 2.69. The molecule has 5 heteroatoms. The minimum absolute atomic E-state index is 0.0893. The lowest BCUT2D eigenvalue weighted by Crippen LogP contribution is -2.48. The number of nitrogens with one attached hydrogen (secondary N) is 2. The summed E-state index contributed by atoms with van der Waals surface area (Å²) in [6, 6.07) is 6.44. The van der Waals surface area contributed by atoms with Crippen LogP contribution in [-0.4, -0.2) is 23.9 Å². The van der Waals surface area contributed by atoms with E-state index in [0.29, 0.717) is 29.0 Å². The highest BCUT2D eigenvalue weighted by atomic mass is 35.5. The van der Waals surface area contributed by atoms with Crippen molar-refractivity contribution in [3.63, 3.8) is 0 Å². The van der Waals surface area contributed by atoms with E-state index in [-0.39, 0.29) is 11.8 Å². The van der Waals surface area contributed by atoms with Gasteiger partial charge in [-0.1, -0.05) is 25.4 Å². The number of amides is 2. The average Bonchev–Trinajstić information content (AvgIpc) is 3.22. The van der Waals surface area contributed by atoms with Gasteiger partial charge in [0.25, 0.3) is 5.91 Å². The molecule has 2 amide bonds. The molecule has 2 rings (SSSR count). The van der Waals surface area contributed by atoms with Gasteiger partial charge in [0.1, 0.15) is 6.04 Å². The van der Waals surface area contributed by atoms with Crippen molar-refractivity contribution in [3.8, 4) is 0 Å². The third-order valence-electron chi connectivity index (χ3n) is 3.36. The molecule has 0 aromatic heterocycles. The van der Waals surface area contributed by atoms with E-state index < -0.39 is 6.04 Å². The van der Waals surface area contributed by atoms with E-state index >= 15 is 0 Å². The van der Waals surface area contributed by atoms with Gasteiger partial charge in [-0.15, -0.1) is 0 Å². The first kappa shape index (κ1) is 15.8. The van der Waals surface area contributed by atoms with Crippen LogP contribution in [0.4, 0.5) is 0 Å². The second-order valence-electron chi connectivity index (χ2n) is 5.95. The molecule has 0 unspecified atom stereocenters. The first-order valence-electron chi connectivity index (χ1n) is 7.32. The molecular weight excluding hydrogens is 288 g/mol. The van der Waals surface area contributed by atoms with Gasteiger partial charge in [-0.3, -0.25) is 9.59 Å². The quantitative estimate of drug-likeness (QED) is 0.849. The second-order valence-corrected chi connectivity index (χ2v) is 6.38. The van der Waals surface area contributed by atoms with Crippen LogP contribution >= 0.6 is 11.6 Å². The van der Waals surface area contributed by atoms with Crippen LogP contribution in [0.2, 0.25) is 5.02 Å². The predicted octanol–water partition coefficient (Wildman–Crippen LogP) is 2.76. The van der Waals surface area contributed by atoms with Crippen LogP contribution in [0.1, 0.15) is 43.5 Å². The van der Waals surface area contributed by atoms with Crippen molar-refractivity contribution >= 4 is 23.4 Å². The molecule has 0 spiro atoms. The van der Waals surface area contributed by atoms with Gasteiger partial charge in [-0.05, 0) is 49.4 Å². The zero-order chi connectivity index (χ0) is 15.4. The summed E-state index contributed by atoms with van der Waals surface area (Å²) in [4.78, 5) is 24.4. The van der Waals surface area contributed by atoms with Crippen LogP contribution in [-0.2, 0) is 4.79 Å². The van der Waals surface area contributed by atoms with Crippen molar-refractivity contribution in [2.75, 3.05) is 0 Å². The summed E-state index contributed by atoms with van der Waals surface area (Å²) in [7, 11) is 0. The Hall–Kier alpha value is -1.55. The molecule has 1 aliphatic carbocycles. The molecule has 1 atom stereocenters. The Labute approximate surface area is 130 Å². The second kappa shape index (κ2) is 6.94. The standard InChI is InChI=1S/C16H21ClN2O2/c1-10(2)9-14(16(21)18-13-7-8-13)19-15(20)11-3-5-12(17)6-4-11/h3-6,10,13-14H,7-9H2,1-2H3,(H,18,21)(H,19,20)/t14-/m1/s1.